The summed E-state index contributed by atoms with van der Waals surface area (Å²) in [4.78, 5) is 16.2. The first kappa shape index (κ1) is 16.3. The second kappa shape index (κ2) is 7.77. The van der Waals surface area contributed by atoms with Gasteiger partial charge in [-0.1, -0.05) is 25.6 Å². The van der Waals surface area contributed by atoms with E-state index < -0.39 is 5.91 Å². The summed E-state index contributed by atoms with van der Waals surface area (Å²) in [6.07, 6.45) is 2.85. The third kappa shape index (κ3) is 4.72. The molecule has 0 aliphatic heterocycles. The van der Waals surface area contributed by atoms with Gasteiger partial charge in [0.05, 0.1) is 6.26 Å². The normalized spacial score (nSPS) is 11.5. The molecule has 0 spiro atoms. The fourth-order valence-corrected chi connectivity index (χ4v) is 2.88. The topological polar surface area (TPSA) is 91.8 Å². The Morgan fingerprint density at radius 1 is 1.64 bits per heavy atom. The zero-order valence-electron chi connectivity index (χ0n) is 12.1. The predicted molar refractivity (Wildman–Crippen MR) is 86.4 cm³/mol. The molecule has 0 saturated heterocycles. The minimum atomic E-state index is -0.532. The third-order valence-corrected chi connectivity index (χ3v) is 4.39. The zero-order valence-corrected chi connectivity index (χ0v) is 13.7. The number of aromatic nitrogens is 2. The van der Waals surface area contributed by atoms with Gasteiger partial charge in [-0.3, -0.25) is 10.1 Å². The van der Waals surface area contributed by atoms with Crippen LogP contribution >= 0.6 is 23.3 Å². The van der Waals surface area contributed by atoms with Gasteiger partial charge in [-0.25, -0.2) is 0 Å². The lowest BCUT2D eigenvalue weighted by molar-refractivity contribution is -0.112. The smallest absolute Gasteiger partial charge is 0.268 e. The van der Waals surface area contributed by atoms with Crippen molar-refractivity contribution in [3.8, 4) is 6.07 Å². The van der Waals surface area contributed by atoms with Crippen LogP contribution in [-0.4, -0.2) is 21.0 Å². The molecule has 0 aromatic carbocycles. The molecule has 2 aromatic heterocycles. The molecule has 2 aromatic rings. The molecule has 0 aliphatic carbocycles. The Bertz CT molecular complexity index is 699. The fourth-order valence-electron chi connectivity index (χ4n) is 1.39. The summed E-state index contributed by atoms with van der Waals surface area (Å²) in [6, 6.07) is 5.19. The van der Waals surface area contributed by atoms with Gasteiger partial charge in [-0.2, -0.15) is 14.6 Å². The summed E-state index contributed by atoms with van der Waals surface area (Å²) in [5.74, 6) is 1.35. The van der Waals surface area contributed by atoms with E-state index in [1.165, 1.54) is 24.1 Å². The molecule has 0 fully saturated rings. The Kier molecular flexibility index (Phi) is 5.75. The van der Waals surface area contributed by atoms with E-state index >= 15 is 0 Å². The van der Waals surface area contributed by atoms with Crippen LogP contribution in [0.25, 0.3) is 6.08 Å². The SMILES string of the molecule is CC(C)CSc1nsc(NC(=O)/C(C#N)=C\c2ccco2)n1. The van der Waals surface area contributed by atoms with Crippen molar-refractivity contribution < 1.29 is 9.21 Å². The van der Waals surface area contributed by atoms with Gasteiger partial charge in [-0.15, -0.1) is 0 Å². The average Bonchev–Trinajstić information content (AvgIpc) is 3.13. The number of amides is 1. The Hall–Kier alpha value is -2.11. The van der Waals surface area contributed by atoms with E-state index in [-0.39, 0.29) is 5.57 Å². The number of rotatable bonds is 6. The molecule has 2 rings (SSSR count). The van der Waals surface area contributed by atoms with Crippen molar-refractivity contribution in [1.29, 1.82) is 5.26 Å². The lowest BCUT2D eigenvalue weighted by atomic mass is 10.2. The fraction of sp³-hybridized carbons (Fsp3) is 0.286. The standard InChI is InChI=1S/C14H14N4O2S2/c1-9(2)8-21-14-17-13(22-18-14)16-12(19)10(7-15)6-11-4-3-5-20-11/h3-6,9H,8H2,1-2H3,(H,16,17,18,19)/b10-6-. The van der Waals surface area contributed by atoms with Crippen LogP contribution in [0.1, 0.15) is 19.6 Å². The number of nitrogens with zero attached hydrogens (tertiary/aromatic N) is 3. The van der Waals surface area contributed by atoms with Crippen LogP contribution in [0.15, 0.2) is 33.5 Å². The second-order valence-electron chi connectivity index (χ2n) is 4.73. The van der Waals surface area contributed by atoms with Crippen LogP contribution in [0.4, 0.5) is 5.13 Å². The van der Waals surface area contributed by atoms with Crippen molar-refractivity contribution in [3.05, 3.63) is 29.7 Å². The summed E-state index contributed by atoms with van der Waals surface area (Å²) in [7, 11) is 0. The Balaban J connectivity index is 2.00. The molecule has 1 N–H and O–H groups in total. The van der Waals surface area contributed by atoms with E-state index in [2.05, 4.69) is 28.5 Å². The van der Waals surface area contributed by atoms with Crippen molar-refractivity contribution in [3.63, 3.8) is 0 Å². The number of nitrogens with one attached hydrogen (secondary N) is 1. The van der Waals surface area contributed by atoms with Crippen molar-refractivity contribution in [2.75, 3.05) is 11.1 Å². The van der Waals surface area contributed by atoms with E-state index in [0.29, 0.717) is 22.0 Å². The molecular formula is C14H14N4O2S2. The van der Waals surface area contributed by atoms with Gasteiger partial charge in [-0.05, 0) is 18.1 Å². The Morgan fingerprint density at radius 3 is 3.09 bits per heavy atom. The van der Waals surface area contributed by atoms with Gasteiger partial charge in [0, 0.05) is 23.4 Å². The minimum absolute atomic E-state index is 0.0541. The van der Waals surface area contributed by atoms with Crippen LogP contribution in [0.3, 0.4) is 0 Å². The summed E-state index contributed by atoms with van der Waals surface area (Å²) < 4.78 is 9.25. The van der Waals surface area contributed by atoms with Crippen molar-refractivity contribution >= 4 is 40.4 Å². The molecule has 0 bridgehead atoms. The monoisotopic (exact) mass is 334 g/mol. The molecule has 6 nitrogen and oxygen atoms in total. The van der Waals surface area contributed by atoms with Gasteiger partial charge in [0.2, 0.25) is 10.3 Å². The molecule has 0 unspecified atom stereocenters. The predicted octanol–water partition coefficient (Wildman–Crippen LogP) is 3.42. The molecule has 0 radical (unpaired) electrons. The van der Waals surface area contributed by atoms with Crippen LogP contribution in [0.2, 0.25) is 0 Å². The number of anilines is 1. The number of carbonyl (C=O) groups excluding carboxylic acids is 1. The number of thioether (sulfide) groups is 1. The van der Waals surface area contributed by atoms with E-state index in [0.717, 1.165) is 17.3 Å². The van der Waals surface area contributed by atoms with E-state index in [9.17, 15) is 4.79 Å². The second-order valence-corrected chi connectivity index (χ2v) is 6.47. The lowest BCUT2D eigenvalue weighted by Crippen LogP contribution is -2.13. The van der Waals surface area contributed by atoms with E-state index in [4.69, 9.17) is 9.68 Å². The van der Waals surface area contributed by atoms with Crippen LogP contribution in [0, 0.1) is 17.2 Å². The molecule has 1 amide bonds. The van der Waals surface area contributed by atoms with Crippen LogP contribution in [-0.2, 0) is 4.79 Å². The van der Waals surface area contributed by atoms with Gasteiger partial charge < -0.3 is 4.42 Å². The highest BCUT2D eigenvalue weighted by Gasteiger charge is 2.13. The highest BCUT2D eigenvalue weighted by molar-refractivity contribution is 7.99. The van der Waals surface area contributed by atoms with Crippen molar-refractivity contribution in [2.24, 2.45) is 5.92 Å². The minimum Gasteiger partial charge on any atom is -0.465 e. The van der Waals surface area contributed by atoms with Crippen molar-refractivity contribution in [2.45, 2.75) is 19.0 Å². The van der Waals surface area contributed by atoms with Crippen LogP contribution < -0.4 is 5.32 Å². The number of carbonyl (C=O) groups is 1. The molecule has 2 heterocycles. The summed E-state index contributed by atoms with van der Waals surface area (Å²) in [5.41, 5.74) is -0.0541. The third-order valence-electron chi connectivity index (χ3n) is 2.37. The maximum absolute atomic E-state index is 12.0. The molecule has 22 heavy (non-hydrogen) atoms. The first-order valence-corrected chi connectivity index (χ1v) is 8.27. The summed E-state index contributed by atoms with van der Waals surface area (Å²) in [5, 5.41) is 12.6. The van der Waals surface area contributed by atoms with E-state index in [1.807, 2.05) is 6.07 Å². The Morgan fingerprint density at radius 2 is 2.45 bits per heavy atom. The molecule has 0 atom stereocenters. The number of furan rings is 1. The quantitative estimate of drug-likeness (QED) is 0.494. The number of hydrogen-bond acceptors (Lipinski definition) is 7. The van der Waals surface area contributed by atoms with Gasteiger partial charge in [0.1, 0.15) is 17.4 Å². The molecular weight excluding hydrogens is 320 g/mol. The van der Waals surface area contributed by atoms with Gasteiger partial charge >= 0.3 is 0 Å². The highest BCUT2D eigenvalue weighted by atomic mass is 32.2. The van der Waals surface area contributed by atoms with E-state index in [1.54, 1.807) is 12.1 Å². The van der Waals surface area contributed by atoms with Gasteiger partial charge in [0.15, 0.2) is 0 Å². The average molecular weight is 334 g/mol. The molecule has 0 saturated carbocycles. The molecule has 0 aliphatic rings. The van der Waals surface area contributed by atoms with Crippen molar-refractivity contribution in [1.82, 2.24) is 9.36 Å². The molecule has 114 valence electrons. The lowest BCUT2D eigenvalue weighted by Gasteiger charge is -2.00. The maximum Gasteiger partial charge on any atom is 0.268 e. The first-order chi connectivity index (χ1) is 10.6. The van der Waals surface area contributed by atoms with Crippen LogP contribution in [0.5, 0.6) is 0 Å². The number of nitriles is 1. The zero-order chi connectivity index (χ0) is 15.9. The molecule has 8 heteroatoms. The largest absolute Gasteiger partial charge is 0.465 e. The first-order valence-electron chi connectivity index (χ1n) is 6.51. The summed E-state index contributed by atoms with van der Waals surface area (Å²) in [6.45, 7) is 4.22. The van der Waals surface area contributed by atoms with Gasteiger partial charge in [0.25, 0.3) is 5.91 Å². The Labute approximate surface area is 136 Å². The highest BCUT2D eigenvalue weighted by Crippen LogP contribution is 2.22. The summed E-state index contributed by atoms with van der Waals surface area (Å²) >= 11 is 2.63. The number of hydrogen-bond donors (Lipinski definition) is 1. The maximum atomic E-state index is 12.0.